The first-order valence-corrected chi connectivity index (χ1v) is 7.41. The van der Waals surface area contributed by atoms with Crippen LogP contribution in [0, 0.1) is 0 Å². The van der Waals surface area contributed by atoms with Gasteiger partial charge in [0.05, 0.1) is 12.8 Å². The molecule has 6 heteroatoms. The van der Waals surface area contributed by atoms with Gasteiger partial charge < -0.3 is 9.30 Å². The highest BCUT2D eigenvalue weighted by atomic mass is 16.5. The summed E-state index contributed by atoms with van der Waals surface area (Å²) in [7, 11) is 0. The summed E-state index contributed by atoms with van der Waals surface area (Å²) in [6.45, 7) is 4.87. The van der Waals surface area contributed by atoms with Crippen LogP contribution in [0.15, 0.2) is 52.5 Å². The van der Waals surface area contributed by atoms with Crippen LogP contribution in [-0.4, -0.2) is 23.3 Å². The summed E-state index contributed by atoms with van der Waals surface area (Å²) < 4.78 is 6.81. The van der Waals surface area contributed by atoms with Crippen molar-refractivity contribution in [2.24, 2.45) is 5.10 Å². The highest BCUT2D eigenvalue weighted by Gasteiger charge is 2.10. The van der Waals surface area contributed by atoms with Crippen LogP contribution in [-0.2, 0) is 6.54 Å². The van der Waals surface area contributed by atoms with E-state index in [2.05, 4.69) is 10.5 Å². The zero-order chi connectivity index (χ0) is 16.7. The number of aryl methyl sites for hydroxylation is 1. The van der Waals surface area contributed by atoms with E-state index in [0.29, 0.717) is 13.2 Å². The van der Waals surface area contributed by atoms with Crippen molar-refractivity contribution in [3.63, 3.8) is 0 Å². The number of nitrogens with one attached hydrogen (secondary N) is 1. The summed E-state index contributed by atoms with van der Waals surface area (Å²) in [6, 6.07) is 10.4. The number of aromatic nitrogens is 1. The SMILES string of the molecule is CCOc1ccc(/C=N\NC(=O)c2cccn(CC)c2=O)cc1. The molecule has 0 radical (unpaired) electrons. The Bertz CT molecular complexity index is 748. The van der Waals surface area contributed by atoms with Crippen molar-refractivity contribution in [2.75, 3.05) is 6.61 Å². The zero-order valence-corrected chi connectivity index (χ0v) is 13.2. The second-order valence-corrected chi connectivity index (χ2v) is 4.71. The zero-order valence-electron chi connectivity index (χ0n) is 13.2. The predicted molar refractivity (Wildman–Crippen MR) is 89.0 cm³/mol. The fraction of sp³-hybridized carbons (Fsp3) is 0.235. The lowest BCUT2D eigenvalue weighted by atomic mass is 10.2. The van der Waals surface area contributed by atoms with E-state index in [4.69, 9.17) is 4.74 Å². The summed E-state index contributed by atoms with van der Waals surface area (Å²) >= 11 is 0. The van der Waals surface area contributed by atoms with Crippen LogP contribution in [0.5, 0.6) is 5.75 Å². The van der Waals surface area contributed by atoms with Gasteiger partial charge in [0, 0.05) is 12.7 Å². The lowest BCUT2D eigenvalue weighted by Gasteiger charge is -2.04. The number of hydrogen-bond donors (Lipinski definition) is 1. The number of rotatable bonds is 6. The van der Waals surface area contributed by atoms with Gasteiger partial charge in [0.1, 0.15) is 11.3 Å². The van der Waals surface area contributed by atoms with E-state index in [1.807, 2.05) is 38.1 Å². The molecule has 1 amide bonds. The molecule has 0 bridgehead atoms. The number of nitrogens with zero attached hydrogens (tertiary/aromatic N) is 2. The molecule has 1 heterocycles. The van der Waals surface area contributed by atoms with Gasteiger partial charge in [-0.2, -0.15) is 5.10 Å². The summed E-state index contributed by atoms with van der Waals surface area (Å²) in [5.74, 6) is 0.248. The molecule has 2 aromatic rings. The van der Waals surface area contributed by atoms with Crippen molar-refractivity contribution in [2.45, 2.75) is 20.4 Å². The first kappa shape index (κ1) is 16.5. The van der Waals surface area contributed by atoms with Crippen molar-refractivity contribution in [1.29, 1.82) is 0 Å². The number of carbonyl (C=O) groups is 1. The first-order chi connectivity index (χ1) is 11.2. The number of carbonyl (C=O) groups excluding carboxylic acids is 1. The molecule has 120 valence electrons. The summed E-state index contributed by atoms with van der Waals surface area (Å²) in [5.41, 5.74) is 2.92. The Kier molecular flexibility index (Phi) is 5.68. The molecular formula is C17H19N3O3. The normalized spacial score (nSPS) is 10.7. The summed E-state index contributed by atoms with van der Waals surface area (Å²) in [6.07, 6.45) is 3.15. The molecule has 1 N–H and O–H groups in total. The number of hydrogen-bond acceptors (Lipinski definition) is 4. The molecule has 0 spiro atoms. The maximum atomic E-state index is 12.0. The first-order valence-electron chi connectivity index (χ1n) is 7.41. The van der Waals surface area contributed by atoms with Crippen LogP contribution in [0.1, 0.15) is 29.8 Å². The van der Waals surface area contributed by atoms with Gasteiger partial charge in [0.2, 0.25) is 0 Å². The third-order valence-electron chi connectivity index (χ3n) is 3.18. The van der Waals surface area contributed by atoms with Gasteiger partial charge >= 0.3 is 0 Å². The number of hydrazone groups is 1. The van der Waals surface area contributed by atoms with E-state index < -0.39 is 5.91 Å². The molecule has 0 aliphatic rings. The number of amides is 1. The third-order valence-corrected chi connectivity index (χ3v) is 3.18. The third kappa shape index (κ3) is 4.29. The molecule has 6 nitrogen and oxygen atoms in total. The Morgan fingerprint density at radius 3 is 2.65 bits per heavy atom. The molecule has 0 saturated carbocycles. The van der Waals surface area contributed by atoms with E-state index in [1.165, 1.54) is 16.8 Å². The van der Waals surface area contributed by atoms with E-state index in [1.54, 1.807) is 12.3 Å². The van der Waals surface area contributed by atoms with Gasteiger partial charge in [-0.1, -0.05) is 0 Å². The Hall–Kier alpha value is -2.89. The van der Waals surface area contributed by atoms with Gasteiger partial charge in [0.15, 0.2) is 0 Å². The molecule has 1 aromatic carbocycles. The highest BCUT2D eigenvalue weighted by Crippen LogP contribution is 2.10. The number of pyridine rings is 1. The van der Waals surface area contributed by atoms with E-state index in [-0.39, 0.29) is 11.1 Å². The average Bonchev–Trinajstić information content (AvgIpc) is 2.57. The van der Waals surface area contributed by atoms with Gasteiger partial charge in [-0.25, -0.2) is 5.43 Å². The Balaban J connectivity index is 2.02. The number of ether oxygens (including phenoxy) is 1. The standard InChI is InChI=1S/C17H19N3O3/c1-3-20-11-5-6-15(17(20)22)16(21)19-18-12-13-7-9-14(10-8-13)23-4-2/h5-12H,3-4H2,1-2H3,(H,19,21)/b18-12-. The topological polar surface area (TPSA) is 72.7 Å². The molecular weight excluding hydrogens is 294 g/mol. The molecule has 0 aliphatic heterocycles. The highest BCUT2D eigenvalue weighted by molar-refractivity contribution is 5.94. The lowest BCUT2D eigenvalue weighted by Crippen LogP contribution is -2.30. The summed E-state index contributed by atoms with van der Waals surface area (Å²) in [5, 5.41) is 3.88. The quantitative estimate of drug-likeness (QED) is 0.655. The van der Waals surface area contributed by atoms with Crippen LogP contribution < -0.4 is 15.7 Å². The second kappa shape index (κ2) is 7.93. The van der Waals surface area contributed by atoms with Crippen molar-refractivity contribution >= 4 is 12.1 Å². The van der Waals surface area contributed by atoms with Gasteiger partial charge in [0.25, 0.3) is 11.5 Å². The number of benzene rings is 1. The minimum atomic E-state index is -0.528. The maximum absolute atomic E-state index is 12.0. The minimum absolute atomic E-state index is 0.0678. The predicted octanol–water partition coefficient (Wildman–Crippen LogP) is 2.03. The molecule has 0 atom stereocenters. The fourth-order valence-corrected chi connectivity index (χ4v) is 2.00. The van der Waals surface area contributed by atoms with Crippen LogP contribution in [0.2, 0.25) is 0 Å². The second-order valence-electron chi connectivity index (χ2n) is 4.71. The fourth-order valence-electron chi connectivity index (χ4n) is 2.00. The van der Waals surface area contributed by atoms with Gasteiger partial charge in [-0.15, -0.1) is 0 Å². The van der Waals surface area contributed by atoms with E-state index in [0.717, 1.165) is 11.3 Å². The Labute approximate surface area is 134 Å². The van der Waals surface area contributed by atoms with Crippen LogP contribution in [0.25, 0.3) is 0 Å². The molecule has 23 heavy (non-hydrogen) atoms. The van der Waals surface area contributed by atoms with E-state index in [9.17, 15) is 9.59 Å². The van der Waals surface area contributed by atoms with Gasteiger partial charge in [-0.3, -0.25) is 9.59 Å². The van der Waals surface area contributed by atoms with Crippen LogP contribution >= 0.6 is 0 Å². The molecule has 0 aliphatic carbocycles. The summed E-state index contributed by atoms with van der Waals surface area (Å²) in [4.78, 5) is 24.0. The van der Waals surface area contributed by atoms with Crippen molar-refractivity contribution in [3.8, 4) is 5.75 Å². The van der Waals surface area contributed by atoms with Crippen LogP contribution in [0.4, 0.5) is 0 Å². The van der Waals surface area contributed by atoms with Crippen molar-refractivity contribution < 1.29 is 9.53 Å². The molecule has 2 rings (SSSR count). The van der Waals surface area contributed by atoms with Gasteiger partial charge in [-0.05, 0) is 55.8 Å². The van der Waals surface area contributed by atoms with E-state index >= 15 is 0 Å². The average molecular weight is 313 g/mol. The maximum Gasteiger partial charge on any atom is 0.276 e. The molecule has 0 unspecified atom stereocenters. The smallest absolute Gasteiger partial charge is 0.276 e. The molecule has 1 aromatic heterocycles. The van der Waals surface area contributed by atoms with Crippen LogP contribution in [0.3, 0.4) is 0 Å². The van der Waals surface area contributed by atoms with Crippen molar-refractivity contribution in [3.05, 3.63) is 64.1 Å². The molecule has 0 fully saturated rings. The molecule has 0 saturated heterocycles. The minimum Gasteiger partial charge on any atom is -0.494 e. The Morgan fingerprint density at radius 1 is 1.26 bits per heavy atom. The Morgan fingerprint density at radius 2 is 2.00 bits per heavy atom. The largest absolute Gasteiger partial charge is 0.494 e. The van der Waals surface area contributed by atoms with Crippen molar-refractivity contribution in [1.82, 2.24) is 9.99 Å². The lowest BCUT2D eigenvalue weighted by molar-refractivity contribution is 0.0953. The monoisotopic (exact) mass is 313 g/mol.